The molecule has 0 saturated carbocycles. The van der Waals surface area contributed by atoms with E-state index in [1.807, 2.05) is 6.07 Å². The van der Waals surface area contributed by atoms with Crippen molar-refractivity contribution in [2.24, 2.45) is 7.05 Å². The van der Waals surface area contributed by atoms with Gasteiger partial charge in [-0.15, -0.1) is 11.5 Å². The SMILES string of the molecule is C#Cc1cc2cnc(Nc3cn(C)nc3OC3CN(C(C)=O)C3)nc2[nH]1. The van der Waals surface area contributed by atoms with Crippen LogP contribution in [0.4, 0.5) is 11.6 Å². The summed E-state index contributed by atoms with van der Waals surface area (Å²) in [4.78, 5) is 24.7. The van der Waals surface area contributed by atoms with E-state index < -0.39 is 0 Å². The third-order valence-corrected chi connectivity index (χ3v) is 4.14. The van der Waals surface area contributed by atoms with Crippen LogP contribution >= 0.6 is 0 Å². The largest absolute Gasteiger partial charge is 0.468 e. The summed E-state index contributed by atoms with van der Waals surface area (Å²) in [6.45, 7) is 2.67. The fourth-order valence-electron chi connectivity index (χ4n) is 2.74. The van der Waals surface area contributed by atoms with Gasteiger partial charge >= 0.3 is 0 Å². The Balaban J connectivity index is 1.51. The Bertz CT molecular complexity index is 1020. The molecule has 1 aliphatic rings. The number of aromatic amines is 1. The molecular weight excluding hydrogens is 334 g/mol. The molecule has 9 heteroatoms. The summed E-state index contributed by atoms with van der Waals surface area (Å²) < 4.78 is 7.53. The Morgan fingerprint density at radius 2 is 2.31 bits per heavy atom. The predicted octanol–water partition coefficient (Wildman–Crippen LogP) is 1.03. The lowest BCUT2D eigenvalue weighted by Gasteiger charge is -2.37. The molecule has 3 aromatic heterocycles. The van der Waals surface area contributed by atoms with Crippen LogP contribution in [-0.4, -0.2) is 54.7 Å². The van der Waals surface area contributed by atoms with Gasteiger partial charge in [0.15, 0.2) is 0 Å². The number of hydrogen-bond donors (Lipinski definition) is 2. The number of nitrogens with one attached hydrogen (secondary N) is 2. The average Bonchev–Trinajstić information content (AvgIpc) is 3.12. The molecule has 0 radical (unpaired) electrons. The van der Waals surface area contributed by atoms with Crippen LogP contribution in [0.1, 0.15) is 12.6 Å². The van der Waals surface area contributed by atoms with E-state index >= 15 is 0 Å². The number of carbonyl (C=O) groups is 1. The van der Waals surface area contributed by atoms with E-state index in [1.165, 1.54) is 0 Å². The Morgan fingerprint density at radius 3 is 3.04 bits per heavy atom. The fraction of sp³-hybridized carbons (Fsp3) is 0.294. The third-order valence-electron chi connectivity index (χ3n) is 4.14. The molecule has 1 aliphatic heterocycles. The highest BCUT2D eigenvalue weighted by Crippen LogP contribution is 2.27. The lowest BCUT2D eigenvalue weighted by Crippen LogP contribution is -2.55. The molecule has 3 aromatic rings. The number of carbonyl (C=O) groups excluding carboxylic acids is 1. The van der Waals surface area contributed by atoms with Gasteiger partial charge in [-0.25, -0.2) is 4.98 Å². The molecule has 0 aliphatic carbocycles. The van der Waals surface area contributed by atoms with Crippen molar-refractivity contribution in [2.75, 3.05) is 18.4 Å². The number of fused-ring (bicyclic) bond motifs is 1. The second-order valence-corrected chi connectivity index (χ2v) is 6.14. The third kappa shape index (κ3) is 2.93. The minimum atomic E-state index is -0.0701. The molecule has 1 saturated heterocycles. The van der Waals surface area contributed by atoms with Crippen LogP contribution < -0.4 is 10.1 Å². The zero-order chi connectivity index (χ0) is 18.3. The molecule has 132 valence electrons. The molecule has 4 rings (SSSR count). The first-order valence-corrected chi connectivity index (χ1v) is 8.07. The van der Waals surface area contributed by atoms with Crippen molar-refractivity contribution in [1.82, 2.24) is 29.6 Å². The highest BCUT2D eigenvalue weighted by molar-refractivity contribution is 5.78. The van der Waals surface area contributed by atoms with E-state index in [4.69, 9.17) is 11.2 Å². The van der Waals surface area contributed by atoms with Gasteiger partial charge in [-0.3, -0.25) is 9.48 Å². The van der Waals surface area contributed by atoms with Gasteiger partial charge in [-0.2, -0.15) is 4.98 Å². The summed E-state index contributed by atoms with van der Waals surface area (Å²) in [6, 6.07) is 1.81. The van der Waals surface area contributed by atoms with Gasteiger partial charge in [0.1, 0.15) is 17.4 Å². The van der Waals surface area contributed by atoms with Gasteiger partial charge in [-0.1, -0.05) is 5.92 Å². The molecule has 0 aromatic carbocycles. The second kappa shape index (κ2) is 6.07. The van der Waals surface area contributed by atoms with Gasteiger partial charge in [0, 0.05) is 25.6 Å². The first-order chi connectivity index (χ1) is 12.5. The van der Waals surface area contributed by atoms with Crippen molar-refractivity contribution in [2.45, 2.75) is 13.0 Å². The molecule has 4 heterocycles. The Labute approximate surface area is 149 Å². The minimum Gasteiger partial charge on any atom is -0.468 e. The molecule has 9 nitrogen and oxygen atoms in total. The molecular formula is C17H17N7O2. The van der Waals surface area contributed by atoms with Crippen LogP contribution in [0, 0.1) is 12.3 Å². The maximum Gasteiger partial charge on any atom is 0.257 e. The molecule has 1 fully saturated rings. The van der Waals surface area contributed by atoms with Crippen LogP contribution in [0.25, 0.3) is 11.0 Å². The summed E-state index contributed by atoms with van der Waals surface area (Å²) >= 11 is 0. The van der Waals surface area contributed by atoms with Crippen molar-refractivity contribution in [3.05, 3.63) is 24.2 Å². The Kier molecular flexibility index (Phi) is 3.73. The van der Waals surface area contributed by atoms with Crippen LogP contribution in [0.5, 0.6) is 5.88 Å². The summed E-state index contributed by atoms with van der Waals surface area (Å²) in [5.74, 6) is 3.43. The number of terminal acetylenes is 1. The van der Waals surface area contributed by atoms with Gasteiger partial charge in [0.25, 0.3) is 5.88 Å². The highest BCUT2D eigenvalue weighted by Gasteiger charge is 2.31. The predicted molar refractivity (Wildman–Crippen MR) is 95.0 cm³/mol. The number of ether oxygens (including phenoxy) is 1. The van der Waals surface area contributed by atoms with Crippen LogP contribution in [0.15, 0.2) is 18.5 Å². The van der Waals surface area contributed by atoms with E-state index in [9.17, 15) is 4.79 Å². The van der Waals surface area contributed by atoms with E-state index in [2.05, 4.69) is 31.3 Å². The van der Waals surface area contributed by atoms with Gasteiger partial charge in [-0.05, 0) is 6.07 Å². The van der Waals surface area contributed by atoms with E-state index in [0.29, 0.717) is 41.9 Å². The number of likely N-dealkylation sites (tertiary alicyclic amines) is 1. The number of amides is 1. The first-order valence-electron chi connectivity index (χ1n) is 8.07. The molecule has 26 heavy (non-hydrogen) atoms. The zero-order valence-corrected chi connectivity index (χ0v) is 14.4. The Hall–Kier alpha value is -3.54. The number of aromatic nitrogens is 5. The molecule has 0 atom stereocenters. The highest BCUT2D eigenvalue weighted by atomic mass is 16.5. The number of aryl methyl sites for hydroxylation is 1. The summed E-state index contributed by atoms with van der Waals surface area (Å²) in [5.41, 5.74) is 1.95. The lowest BCUT2D eigenvalue weighted by molar-refractivity contribution is -0.137. The van der Waals surface area contributed by atoms with Crippen molar-refractivity contribution in [3.63, 3.8) is 0 Å². The van der Waals surface area contributed by atoms with E-state index in [-0.39, 0.29) is 12.0 Å². The number of rotatable bonds is 4. The summed E-state index contributed by atoms with van der Waals surface area (Å²) in [6.07, 6.45) is 8.80. The number of H-pyrrole nitrogens is 1. The molecule has 0 bridgehead atoms. The average molecular weight is 351 g/mol. The van der Waals surface area contributed by atoms with Crippen LogP contribution in [0.2, 0.25) is 0 Å². The monoisotopic (exact) mass is 351 g/mol. The molecule has 1 amide bonds. The number of nitrogens with zero attached hydrogens (tertiary/aromatic N) is 5. The number of hydrogen-bond acceptors (Lipinski definition) is 6. The first kappa shape index (κ1) is 16.0. The second-order valence-electron chi connectivity index (χ2n) is 6.14. The maximum absolute atomic E-state index is 11.3. The topological polar surface area (TPSA) is 101 Å². The molecule has 0 spiro atoms. The van der Waals surface area contributed by atoms with E-state index in [1.54, 1.807) is 35.9 Å². The van der Waals surface area contributed by atoms with Crippen LogP contribution in [0.3, 0.4) is 0 Å². The molecule has 2 N–H and O–H groups in total. The maximum atomic E-state index is 11.3. The van der Waals surface area contributed by atoms with Crippen molar-refractivity contribution < 1.29 is 9.53 Å². The summed E-state index contributed by atoms with van der Waals surface area (Å²) in [5, 5.41) is 8.27. The summed E-state index contributed by atoms with van der Waals surface area (Å²) in [7, 11) is 1.80. The zero-order valence-electron chi connectivity index (χ0n) is 14.4. The van der Waals surface area contributed by atoms with E-state index in [0.717, 1.165) is 5.39 Å². The lowest BCUT2D eigenvalue weighted by atomic mass is 10.2. The smallest absolute Gasteiger partial charge is 0.257 e. The van der Waals surface area contributed by atoms with Crippen LogP contribution in [-0.2, 0) is 11.8 Å². The van der Waals surface area contributed by atoms with Crippen molar-refractivity contribution in [1.29, 1.82) is 0 Å². The van der Waals surface area contributed by atoms with Crippen molar-refractivity contribution in [3.8, 4) is 18.2 Å². The Morgan fingerprint density at radius 1 is 1.50 bits per heavy atom. The quantitative estimate of drug-likeness (QED) is 0.681. The van der Waals surface area contributed by atoms with Gasteiger partial charge in [0.2, 0.25) is 11.9 Å². The standard InChI is InChI=1S/C17H17N7O2/c1-4-12-5-11-6-18-17(21-15(11)19-12)20-14-9-23(3)22-16(14)26-13-7-24(8-13)10(2)25/h1,5-6,9,13H,7-8H2,2-3H3,(H2,18,19,20,21). The fourth-order valence-corrected chi connectivity index (χ4v) is 2.74. The van der Waals surface area contributed by atoms with Gasteiger partial charge < -0.3 is 19.9 Å². The van der Waals surface area contributed by atoms with Crippen molar-refractivity contribution >= 4 is 28.6 Å². The number of anilines is 2. The molecule has 0 unspecified atom stereocenters. The minimum absolute atomic E-state index is 0.0446. The van der Waals surface area contributed by atoms with Gasteiger partial charge in [0.05, 0.1) is 25.0 Å². The normalized spacial score (nSPS) is 14.1.